The van der Waals surface area contributed by atoms with Crippen LogP contribution >= 0.6 is 0 Å². The molecule has 1 saturated heterocycles. The van der Waals surface area contributed by atoms with Crippen LogP contribution in [0.2, 0.25) is 6.82 Å². The number of morpholine rings is 1. The highest BCUT2D eigenvalue weighted by Gasteiger charge is 2.20. The van der Waals surface area contributed by atoms with Crippen LogP contribution in [0.5, 0.6) is 0 Å². The number of hydrogen-bond donors (Lipinski definition) is 0. The average Bonchev–Trinajstić information content (AvgIpc) is 3.25. The molecule has 0 N–H and O–H groups in total. The molecule has 171 valence electrons. The van der Waals surface area contributed by atoms with Gasteiger partial charge in [-0.25, -0.2) is 15.0 Å². The van der Waals surface area contributed by atoms with Crippen LogP contribution in [0, 0.1) is 0 Å². The average molecular weight is 452 g/mol. The summed E-state index contributed by atoms with van der Waals surface area (Å²) in [5, 5.41) is 0. The van der Waals surface area contributed by atoms with Gasteiger partial charge in [-0.2, -0.15) is 0 Å². The highest BCUT2D eigenvalue weighted by Crippen LogP contribution is 2.27. The van der Waals surface area contributed by atoms with Crippen molar-refractivity contribution in [3.63, 3.8) is 0 Å². The van der Waals surface area contributed by atoms with Gasteiger partial charge in [0, 0.05) is 38.5 Å². The number of carbonyl (C=O) groups is 1. The predicted molar refractivity (Wildman–Crippen MR) is 135 cm³/mol. The Kier molecular flexibility index (Phi) is 6.40. The van der Waals surface area contributed by atoms with Crippen molar-refractivity contribution in [1.82, 2.24) is 19.5 Å². The Morgan fingerprint density at radius 2 is 1.62 bits per heavy atom. The minimum absolute atomic E-state index is 0.196. The first-order valence-electron chi connectivity index (χ1n) is 11.6. The zero-order chi connectivity index (χ0) is 23.5. The molecule has 3 heterocycles. The molecule has 1 aliphatic rings. The lowest BCUT2D eigenvalue weighted by molar-refractivity contribution is -0.117. The minimum Gasteiger partial charge on any atom is -0.378 e. The Morgan fingerprint density at radius 1 is 0.971 bits per heavy atom. The van der Waals surface area contributed by atoms with Crippen molar-refractivity contribution in [2.24, 2.45) is 7.05 Å². The first-order chi connectivity index (χ1) is 16.6. The maximum absolute atomic E-state index is 12.6. The first-order valence-corrected chi connectivity index (χ1v) is 11.6. The summed E-state index contributed by atoms with van der Waals surface area (Å²) in [6, 6.07) is 16.1. The molecule has 5 rings (SSSR count). The molecule has 4 aromatic rings. The Balaban J connectivity index is 1.34. The third-order valence-corrected chi connectivity index (χ3v) is 6.19. The molecule has 0 atom stereocenters. The van der Waals surface area contributed by atoms with Gasteiger partial charge in [0.25, 0.3) is 0 Å². The number of ketones is 1. The normalized spacial score (nSPS) is 13.9. The number of carbonyl (C=O) groups excluding carboxylic acids is 1. The van der Waals surface area contributed by atoms with Crippen LogP contribution in [0.25, 0.3) is 22.6 Å². The van der Waals surface area contributed by atoms with Gasteiger partial charge in [0.15, 0.2) is 17.3 Å². The smallest absolute Gasteiger partial charge is 0.183 e. The largest absolute Gasteiger partial charge is 0.378 e. The fraction of sp³-hybridized carbons (Fsp3) is 0.308. The van der Waals surface area contributed by atoms with Gasteiger partial charge in [0.05, 0.1) is 19.5 Å². The molecule has 1 aliphatic heterocycles. The molecular formula is C26H27BN5O2. The molecule has 2 aromatic heterocycles. The van der Waals surface area contributed by atoms with Crippen molar-refractivity contribution >= 4 is 35.5 Å². The van der Waals surface area contributed by atoms with E-state index in [0.29, 0.717) is 37.5 Å². The van der Waals surface area contributed by atoms with Crippen LogP contribution in [-0.2, 0) is 29.4 Å². The van der Waals surface area contributed by atoms with Crippen molar-refractivity contribution < 1.29 is 9.53 Å². The topological polar surface area (TPSA) is 73.1 Å². The van der Waals surface area contributed by atoms with Gasteiger partial charge in [-0.05, 0) is 11.1 Å². The second-order valence-electron chi connectivity index (χ2n) is 8.62. The molecule has 7 nitrogen and oxygen atoms in total. The molecule has 2 aromatic carbocycles. The van der Waals surface area contributed by atoms with E-state index >= 15 is 0 Å². The fourth-order valence-electron chi connectivity index (χ4n) is 4.28. The lowest BCUT2D eigenvalue weighted by Gasteiger charge is -2.28. The number of aryl methyl sites for hydroxylation is 1. The summed E-state index contributed by atoms with van der Waals surface area (Å²) in [6.45, 7) is 4.95. The number of benzene rings is 2. The van der Waals surface area contributed by atoms with Crippen LogP contribution in [-0.4, -0.2) is 58.9 Å². The number of hydrogen-bond acceptors (Lipinski definition) is 6. The molecule has 0 spiro atoms. The van der Waals surface area contributed by atoms with Crippen molar-refractivity contribution in [3.05, 3.63) is 66.0 Å². The van der Waals surface area contributed by atoms with E-state index in [0.717, 1.165) is 46.6 Å². The second kappa shape index (κ2) is 9.77. The molecule has 0 bridgehead atoms. The molecule has 1 radical (unpaired) electrons. The molecule has 0 unspecified atom stereocenters. The van der Waals surface area contributed by atoms with Gasteiger partial charge in [0.1, 0.15) is 18.6 Å². The molecule has 34 heavy (non-hydrogen) atoms. The molecule has 0 aliphatic carbocycles. The van der Waals surface area contributed by atoms with E-state index < -0.39 is 0 Å². The Labute approximate surface area is 200 Å². The Morgan fingerprint density at radius 3 is 2.26 bits per heavy atom. The summed E-state index contributed by atoms with van der Waals surface area (Å²) in [5.74, 6) is 1.72. The van der Waals surface area contributed by atoms with Gasteiger partial charge in [-0.3, -0.25) is 4.79 Å². The SMILES string of the molecule is C[B]c1ccc(CC(=O)Cc2ccc(-c3nc(N4CCOCC4)c4c(ncn4C)n3)cc2)cc1. The minimum atomic E-state index is 0.196. The maximum atomic E-state index is 12.6. The Hall–Kier alpha value is -3.52. The monoisotopic (exact) mass is 452 g/mol. The molecule has 0 saturated carbocycles. The van der Waals surface area contributed by atoms with Crippen LogP contribution in [0.3, 0.4) is 0 Å². The van der Waals surface area contributed by atoms with Gasteiger partial charge in [0.2, 0.25) is 0 Å². The molecule has 1 fully saturated rings. The maximum Gasteiger partial charge on any atom is 0.183 e. The van der Waals surface area contributed by atoms with Crippen LogP contribution in [0.1, 0.15) is 11.1 Å². The summed E-state index contributed by atoms with van der Waals surface area (Å²) in [6.07, 6.45) is 2.62. The number of anilines is 1. The molecule has 0 amide bonds. The predicted octanol–water partition coefficient (Wildman–Crippen LogP) is 2.60. The van der Waals surface area contributed by atoms with Crippen LogP contribution < -0.4 is 10.4 Å². The number of nitrogens with zero attached hydrogens (tertiary/aromatic N) is 5. The molecule has 8 heteroatoms. The lowest BCUT2D eigenvalue weighted by Crippen LogP contribution is -2.37. The van der Waals surface area contributed by atoms with Crippen molar-refractivity contribution in [1.29, 1.82) is 0 Å². The quantitative estimate of drug-likeness (QED) is 0.402. The zero-order valence-electron chi connectivity index (χ0n) is 19.6. The van der Waals surface area contributed by atoms with Gasteiger partial charge >= 0.3 is 0 Å². The van der Waals surface area contributed by atoms with Crippen LogP contribution in [0.4, 0.5) is 5.82 Å². The van der Waals surface area contributed by atoms with E-state index in [1.165, 1.54) is 0 Å². The van der Waals surface area contributed by atoms with Crippen molar-refractivity contribution in [3.8, 4) is 11.4 Å². The number of Topliss-reactive ketones (excluding diaryl/α,β-unsaturated/α-hetero) is 1. The fourth-order valence-corrected chi connectivity index (χ4v) is 4.28. The molecular weight excluding hydrogens is 425 g/mol. The van der Waals surface area contributed by atoms with Gasteiger partial charge < -0.3 is 14.2 Å². The van der Waals surface area contributed by atoms with Gasteiger partial charge in [-0.15, -0.1) is 0 Å². The summed E-state index contributed by atoms with van der Waals surface area (Å²) in [7, 11) is 4.01. The highest BCUT2D eigenvalue weighted by molar-refractivity contribution is 6.51. The summed E-state index contributed by atoms with van der Waals surface area (Å²) in [5.41, 5.74) is 5.71. The van der Waals surface area contributed by atoms with Crippen LogP contribution in [0.15, 0.2) is 54.9 Å². The van der Waals surface area contributed by atoms with E-state index in [4.69, 9.17) is 14.7 Å². The van der Waals surface area contributed by atoms with E-state index in [-0.39, 0.29) is 5.78 Å². The first kappa shape index (κ1) is 22.3. The Bertz CT molecular complexity index is 1300. The highest BCUT2D eigenvalue weighted by atomic mass is 16.5. The van der Waals surface area contributed by atoms with Crippen molar-refractivity contribution in [2.45, 2.75) is 19.7 Å². The standard InChI is InChI=1S/C26H27BN5O2/c1-27-21-9-5-19(6-10-21)16-22(33)15-18-3-7-20(8-4-18)24-29-25-23(31(2)17-28-25)26(30-24)32-11-13-34-14-12-32/h3-10,17H,11-16H2,1-2H3. The zero-order valence-corrected chi connectivity index (χ0v) is 19.6. The third-order valence-electron chi connectivity index (χ3n) is 6.19. The number of ether oxygens (including phenoxy) is 1. The van der Waals surface area contributed by atoms with E-state index in [1.807, 2.05) is 74.2 Å². The second-order valence-corrected chi connectivity index (χ2v) is 8.62. The van der Waals surface area contributed by atoms with Crippen molar-refractivity contribution in [2.75, 3.05) is 31.2 Å². The third kappa shape index (κ3) is 4.72. The number of rotatable bonds is 7. The number of aromatic nitrogens is 4. The van der Waals surface area contributed by atoms with E-state index in [2.05, 4.69) is 9.88 Å². The summed E-state index contributed by atoms with van der Waals surface area (Å²) >= 11 is 0. The summed E-state index contributed by atoms with van der Waals surface area (Å²) in [4.78, 5) is 28.9. The number of fused-ring (bicyclic) bond motifs is 1. The number of imidazole rings is 1. The lowest BCUT2D eigenvalue weighted by atomic mass is 9.73. The summed E-state index contributed by atoms with van der Waals surface area (Å²) < 4.78 is 7.48. The van der Waals surface area contributed by atoms with E-state index in [9.17, 15) is 4.79 Å². The van der Waals surface area contributed by atoms with Gasteiger partial charge in [-0.1, -0.05) is 60.8 Å². The van der Waals surface area contributed by atoms with E-state index in [1.54, 1.807) is 6.33 Å².